The van der Waals surface area contributed by atoms with Crippen LogP contribution in [0, 0.1) is 5.82 Å². The van der Waals surface area contributed by atoms with Crippen LogP contribution in [-0.4, -0.2) is 16.9 Å². The standard InChI is InChI=1S/C9H9Cl2FN2O/c1-4(2)13-9(15)5-3-6(12)8(11)14-7(5)10/h3-4H,1-2H3,(H,13,15). The van der Waals surface area contributed by atoms with Gasteiger partial charge >= 0.3 is 0 Å². The lowest BCUT2D eigenvalue weighted by molar-refractivity contribution is 0.0942. The molecule has 0 aliphatic heterocycles. The Bertz CT molecular complexity index is 396. The zero-order valence-electron chi connectivity index (χ0n) is 8.14. The Morgan fingerprint density at radius 3 is 2.60 bits per heavy atom. The van der Waals surface area contributed by atoms with E-state index in [1.165, 1.54) is 0 Å². The van der Waals surface area contributed by atoms with Crippen molar-refractivity contribution in [2.75, 3.05) is 0 Å². The molecule has 6 heteroatoms. The zero-order chi connectivity index (χ0) is 11.6. The van der Waals surface area contributed by atoms with Gasteiger partial charge in [-0.05, 0) is 19.9 Å². The number of aromatic nitrogens is 1. The lowest BCUT2D eigenvalue weighted by Crippen LogP contribution is -2.30. The summed E-state index contributed by atoms with van der Waals surface area (Å²) in [5.41, 5.74) is -0.0210. The molecule has 0 bridgehead atoms. The van der Waals surface area contributed by atoms with E-state index in [9.17, 15) is 9.18 Å². The van der Waals surface area contributed by atoms with E-state index in [2.05, 4.69) is 10.3 Å². The molecule has 1 aromatic heterocycles. The van der Waals surface area contributed by atoms with Gasteiger partial charge in [0.2, 0.25) is 0 Å². The van der Waals surface area contributed by atoms with Crippen molar-refractivity contribution in [1.82, 2.24) is 10.3 Å². The monoisotopic (exact) mass is 250 g/mol. The first-order chi connectivity index (χ1) is 6.91. The van der Waals surface area contributed by atoms with Gasteiger partial charge in [0, 0.05) is 6.04 Å². The van der Waals surface area contributed by atoms with Crippen molar-refractivity contribution in [3.05, 3.63) is 27.8 Å². The molecular formula is C9H9Cl2FN2O. The highest BCUT2D eigenvalue weighted by Gasteiger charge is 2.15. The fraction of sp³-hybridized carbons (Fsp3) is 0.333. The Kier molecular flexibility index (Phi) is 3.88. The predicted molar refractivity (Wildman–Crippen MR) is 56.8 cm³/mol. The van der Waals surface area contributed by atoms with E-state index < -0.39 is 11.7 Å². The van der Waals surface area contributed by atoms with Crippen LogP contribution in [0.2, 0.25) is 10.3 Å². The van der Waals surface area contributed by atoms with Crippen LogP contribution in [0.3, 0.4) is 0 Å². The first-order valence-electron chi connectivity index (χ1n) is 4.24. The molecule has 0 saturated heterocycles. The van der Waals surface area contributed by atoms with Crippen molar-refractivity contribution >= 4 is 29.1 Å². The van der Waals surface area contributed by atoms with Crippen LogP contribution in [0.5, 0.6) is 0 Å². The van der Waals surface area contributed by atoms with Crippen LogP contribution >= 0.6 is 23.2 Å². The van der Waals surface area contributed by atoms with Gasteiger partial charge < -0.3 is 5.32 Å². The number of pyridine rings is 1. The molecule has 0 aromatic carbocycles. The van der Waals surface area contributed by atoms with E-state index in [-0.39, 0.29) is 21.9 Å². The highest BCUT2D eigenvalue weighted by Crippen LogP contribution is 2.20. The molecule has 1 aromatic rings. The number of carbonyl (C=O) groups excluding carboxylic acids is 1. The molecule has 0 unspecified atom stereocenters. The second kappa shape index (κ2) is 4.77. The lowest BCUT2D eigenvalue weighted by Gasteiger charge is -2.09. The quantitative estimate of drug-likeness (QED) is 0.821. The molecular weight excluding hydrogens is 242 g/mol. The summed E-state index contributed by atoms with van der Waals surface area (Å²) in [5, 5.41) is 2.12. The Balaban J connectivity index is 3.04. The molecule has 0 aliphatic carbocycles. The number of hydrogen-bond acceptors (Lipinski definition) is 2. The summed E-state index contributed by atoms with van der Waals surface area (Å²) < 4.78 is 13.0. The molecule has 1 rings (SSSR count). The van der Waals surface area contributed by atoms with Gasteiger partial charge in [0.25, 0.3) is 5.91 Å². The van der Waals surface area contributed by atoms with E-state index in [4.69, 9.17) is 23.2 Å². The van der Waals surface area contributed by atoms with E-state index >= 15 is 0 Å². The van der Waals surface area contributed by atoms with E-state index in [1.807, 2.05) is 0 Å². The number of carbonyl (C=O) groups is 1. The molecule has 0 radical (unpaired) electrons. The Morgan fingerprint density at radius 1 is 1.47 bits per heavy atom. The van der Waals surface area contributed by atoms with Crippen molar-refractivity contribution in [1.29, 1.82) is 0 Å². The summed E-state index contributed by atoms with van der Waals surface area (Å²) >= 11 is 11.1. The van der Waals surface area contributed by atoms with Gasteiger partial charge in [0.05, 0.1) is 5.56 Å². The summed E-state index contributed by atoms with van der Waals surface area (Å²) in [4.78, 5) is 15.0. The fourth-order valence-electron chi connectivity index (χ4n) is 0.945. The third kappa shape index (κ3) is 3.04. The lowest BCUT2D eigenvalue weighted by atomic mass is 10.2. The summed E-state index contributed by atoms with van der Waals surface area (Å²) in [6, 6.07) is 0.905. The molecule has 1 N–H and O–H groups in total. The normalized spacial score (nSPS) is 10.5. The molecule has 0 spiro atoms. The summed E-state index contributed by atoms with van der Waals surface area (Å²) in [5.74, 6) is -1.24. The van der Waals surface area contributed by atoms with Crippen LogP contribution < -0.4 is 5.32 Å². The second-order valence-electron chi connectivity index (χ2n) is 3.23. The van der Waals surface area contributed by atoms with Gasteiger partial charge in [-0.15, -0.1) is 0 Å². The van der Waals surface area contributed by atoms with E-state index in [0.29, 0.717) is 0 Å². The van der Waals surface area contributed by atoms with Gasteiger partial charge in [-0.25, -0.2) is 9.37 Å². The number of amides is 1. The third-order valence-corrected chi connectivity index (χ3v) is 2.10. The third-order valence-electron chi connectivity index (χ3n) is 1.55. The molecule has 0 aliphatic rings. The largest absolute Gasteiger partial charge is 0.350 e. The minimum absolute atomic E-state index is 0.0210. The molecule has 1 amide bonds. The Morgan fingerprint density at radius 2 is 2.07 bits per heavy atom. The maximum absolute atomic E-state index is 13.0. The Labute approximate surface area is 96.6 Å². The molecule has 1 heterocycles. The Hall–Kier alpha value is -0.870. The van der Waals surface area contributed by atoms with Crippen LogP contribution in [0.1, 0.15) is 24.2 Å². The molecule has 0 saturated carbocycles. The number of halogens is 3. The minimum Gasteiger partial charge on any atom is -0.350 e. The second-order valence-corrected chi connectivity index (χ2v) is 3.94. The van der Waals surface area contributed by atoms with Crippen LogP contribution in [-0.2, 0) is 0 Å². The topological polar surface area (TPSA) is 42.0 Å². The molecule has 82 valence electrons. The zero-order valence-corrected chi connectivity index (χ0v) is 9.66. The van der Waals surface area contributed by atoms with Crippen molar-refractivity contribution < 1.29 is 9.18 Å². The minimum atomic E-state index is -0.769. The molecule has 0 atom stereocenters. The van der Waals surface area contributed by atoms with Crippen LogP contribution in [0.4, 0.5) is 4.39 Å². The smallest absolute Gasteiger partial charge is 0.254 e. The predicted octanol–water partition coefficient (Wildman–Crippen LogP) is 2.67. The molecule has 0 fully saturated rings. The number of nitrogens with zero attached hydrogens (tertiary/aromatic N) is 1. The van der Waals surface area contributed by atoms with Crippen molar-refractivity contribution in [3.8, 4) is 0 Å². The summed E-state index contributed by atoms with van der Waals surface area (Å²) in [6.07, 6.45) is 0. The van der Waals surface area contributed by atoms with Crippen molar-refractivity contribution in [3.63, 3.8) is 0 Å². The SMILES string of the molecule is CC(C)NC(=O)c1cc(F)c(Cl)nc1Cl. The fourth-order valence-corrected chi connectivity index (χ4v) is 1.35. The maximum Gasteiger partial charge on any atom is 0.254 e. The first kappa shape index (κ1) is 12.2. The van der Waals surface area contributed by atoms with Gasteiger partial charge in [-0.3, -0.25) is 4.79 Å². The average molecular weight is 251 g/mol. The van der Waals surface area contributed by atoms with Crippen LogP contribution in [0.25, 0.3) is 0 Å². The summed E-state index contributed by atoms with van der Waals surface area (Å²) in [7, 11) is 0. The van der Waals surface area contributed by atoms with E-state index in [0.717, 1.165) is 6.07 Å². The van der Waals surface area contributed by atoms with Gasteiger partial charge in [0.15, 0.2) is 11.0 Å². The van der Waals surface area contributed by atoms with Crippen molar-refractivity contribution in [2.24, 2.45) is 0 Å². The first-order valence-corrected chi connectivity index (χ1v) is 4.99. The summed E-state index contributed by atoms with van der Waals surface area (Å²) in [6.45, 7) is 3.57. The van der Waals surface area contributed by atoms with Gasteiger partial charge in [0.1, 0.15) is 5.15 Å². The number of hydrogen-bond donors (Lipinski definition) is 1. The van der Waals surface area contributed by atoms with E-state index in [1.54, 1.807) is 13.8 Å². The van der Waals surface area contributed by atoms with Gasteiger partial charge in [-0.2, -0.15) is 0 Å². The highest BCUT2D eigenvalue weighted by atomic mass is 35.5. The average Bonchev–Trinajstić information content (AvgIpc) is 2.09. The van der Waals surface area contributed by atoms with Gasteiger partial charge in [-0.1, -0.05) is 23.2 Å². The maximum atomic E-state index is 13.0. The number of nitrogens with one attached hydrogen (secondary N) is 1. The number of rotatable bonds is 2. The van der Waals surface area contributed by atoms with Crippen LogP contribution in [0.15, 0.2) is 6.07 Å². The molecule has 15 heavy (non-hydrogen) atoms. The van der Waals surface area contributed by atoms with Crippen molar-refractivity contribution in [2.45, 2.75) is 19.9 Å². The molecule has 3 nitrogen and oxygen atoms in total. The highest BCUT2D eigenvalue weighted by molar-refractivity contribution is 6.34.